The van der Waals surface area contributed by atoms with Crippen molar-refractivity contribution in [3.63, 3.8) is 0 Å². The highest BCUT2D eigenvalue weighted by Gasteiger charge is 2.35. The quantitative estimate of drug-likeness (QED) is 0.814. The topological polar surface area (TPSA) is 12.0 Å². The van der Waals surface area contributed by atoms with Crippen molar-refractivity contribution in [3.8, 4) is 0 Å². The van der Waals surface area contributed by atoms with Crippen LogP contribution in [-0.2, 0) is 5.54 Å². The van der Waals surface area contributed by atoms with E-state index in [9.17, 15) is 0 Å². The summed E-state index contributed by atoms with van der Waals surface area (Å²) in [7, 11) is 0. The monoisotopic (exact) mass is 217 g/mol. The largest absolute Gasteiger partial charge is 0.308 e. The van der Waals surface area contributed by atoms with Crippen molar-refractivity contribution >= 4 is 0 Å². The van der Waals surface area contributed by atoms with Crippen LogP contribution >= 0.6 is 0 Å². The summed E-state index contributed by atoms with van der Waals surface area (Å²) >= 11 is 0. The minimum atomic E-state index is 0.244. The molecule has 1 fully saturated rings. The zero-order valence-electron chi connectivity index (χ0n) is 10.5. The molecule has 0 saturated heterocycles. The predicted molar refractivity (Wildman–Crippen MR) is 69.4 cm³/mol. The van der Waals surface area contributed by atoms with Crippen molar-refractivity contribution in [2.75, 3.05) is 6.54 Å². The number of rotatable bonds is 3. The molecule has 0 aliphatic heterocycles. The fraction of sp³-hybridized carbons (Fsp3) is 0.600. The van der Waals surface area contributed by atoms with E-state index in [1.54, 1.807) is 0 Å². The van der Waals surface area contributed by atoms with Crippen LogP contribution in [0.25, 0.3) is 0 Å². The Morgan fingerprint density at radius 3 is 2.69 bits per heavy atom. The summed E-state index contributed by atoms with van der Waals surface area (Å²) in [6.45, 7) is 5.65. The van der Waals surface area contributed by atoms with Crippen molar-refractivity contribution in [1.29, 1.82) is 0 Å². The maximum atomic E-state index is 3.74. The summed E-state index contributed by atoms with van der Waals surface area (Å²) < 4.78 is 0. The Hall–Kier alpha value is -0.820. The summed E-state index contributed by atoms with van der Waals surface area (Å²) in [5, 5.41) is 3.74. The first-order valence-corrected chi connectivity index (χ1v) is 6.57. The second kappa shape index (κ2) is 5.01. The Balaban J connectivity index is 2.27. The molecule has 0 spiro atoms. The van der Waals surface area contributed by atoms with Crippen LogP contribution in [-0.4, -0.2) is 6.54 Å². The molecule has 2 atom stereocenters. The predicted octanol–water partition coefficient (Wildman–Crippen LogP) is 3.70. The van der Waals surface area contributed by atoms with Crippen LogP contribution in [0.4, 0.5) is 0 Å². The molecule has 2 rings (SSSR count). The van der Waals surface area contributed by atoms with E-state index < -0.39 is 0 Å². The van der Waals surface area contributed by atoms with Gasteiger partial charge in [0, 0.05) is 5.54 Å². The molecule has 88 valence electrons. The average Bonchev–Trinajstić information content (AvgIpc) is 2.31. The standard InChI is InChI=1S/C15H23N/c1-3-16-15(11-7-8-13(2)12-15)14-9-5-4-6-10-14/h4-6,9-10,13,16H,3,7-8,11-12H2,1-2H3. The molecule has 1 aliphatic rings. The van der Waals surface area contributed by atoms with Crippen LogP contribution in [0.3, 0.4) is 0 Å². The summed E-state index contributed by atoms with van der Waals surface area (Å²) in [5.41, 5.74) is 1.72. The molecule has 1 heteroatoms. The molecule has 0 aromatic heterocycles. The number of hydrogen-bond donors (Lipinski definition) is 1. The fourth-order valence-electron chi connectivity index (χ4n) is 3.17. The van der Waals surface area contributed by atoms with Gasteiger partial charge in [0.25, 0.3) is 0 Å². The van der Waals surface area contributed by atoms with Crippen molar-refractivity contribution in [2.24, 2.45) is 5.92 Å². The van der Waals surface area contributed by atoms with E-state index in [2.05, 4.69) is 49.5 Å². The van der Waals surface area contributed by atoms with E-state index in [0.29, 0.717) is 0 Å². The van der Waals surface area contributed by atoms with Gasteiger partial charge in [0.15, 0.2) is 0 Å². The molecular weight excluding hydrogens is 194 g/mol. The highest BCUT2D eigenvalue weighted by atomic mass is 15.0. The Morgan fingerprint density at radius 1 is 1.31 bits per heavy atom. The van der Waals surface area contributed by atoms with Gasteiger partial charge in [-0.05, 0) is 30.9 Å². The van der Waals surface area contributed by atoms with Gasteiger partial charge in [-0.2, -0.15) is 0 Å². The molecular formula is C15H23N. The van der Waals surface area contributed by atoms with Crippen molar-refractivity contribution in [2.45, 2.75) is 45.1 Å². The number of hydrogen-bond acceptors (Lipinski definition) is 1. The van der Waals surface area contributed by atoms with E-state index >= 15 is 0 Å². The molecule has 0 radical (unpaired) electrons. The Kier molecular flexibility index (Phi) is 3.65. The van der Waals surface area contributed by atoms with Gasteiger partial charge in [-0.25, -0.2) is 0 Å². The highest BCUT2D eigenvalue weighted by Crippen LogP contribution is 2.39. The molecule has 2 unspecified atom stereocenters. The van der Waals surface area contributed by atoms with E-state index in [1.165, 1.54) is 31.2 Å². The first-order valence-electron chi connectivity index (χ1n) is 6.57. The maximum Gasteiger partial charge on any atom is 0.0437 e. The summed E-state index contributed by atoms with van der Waals surface area (Å²) in [4.78, 5) is 0. The van der Waals surface area contributed by atoms with Gasteiger partial charge < -0.3 is 5.32 Å². The summed E-state index contributed by atoms with van der Waals surface area (Å²) in [6.07, 6.45) is 5.31. The first-order chi connectivity index (χ1) is 7.77. The maximum absolute atomic E-state index is 3.74. The lowest BCUT2D eigenvalue weighted by molar-refractivity contribution is 0.190. The average molecular weight is 217 g/mol. The normalized spacial score (nSPS) is 30.2. The van der Waals surface area contributed by atoms with Gasteiger partial charge in [0.1, 0.15) is 0 Å². The number of benzene rings is 1. The highest BCUT2D eigenvalue weighted by molar-refractivity contribution is 5.25. The smallest absolute Gasteiger partial charge is 0.0437 e. The summed E-state index contributed by atoms with van der Waals surface area (Å²) in [6, 6.07) is 11.0. The number of nitrogens with one attached hydrogen (secondary N) is 1. The molecule has 0 amide bonds. The lowest BCUT2D eigenvalue weighted by Crippen LogP contribution is -2.45. The third kappa shape index (κ3) is 2.30. The molecule has 0 bridgehead atoms. The lowest BCUT2D eigenvalue weighted by atomic mass is 9.72. The molecule has 1 aromatic rings. The van der Waals surface area contributed by atoms with E-state index in [4.69, 9.17) is 0 Å². The van der Waals surface area contributed by atoms with Crippen LogP contribution in [0.15, 0.2) is 30.3 Å². The molecule has 1 nitrogen and oxygen atoms in total. The third-order valence-corrected chi connectivity index (χ3v) is 3.84. The van der Waals surface area contributed by atoms with Crippen LogP contribution in [0.2, 0.25) is 0 Å². The Bertz CT molecular complexity index is 315. The van der Waals surface area contributed by atoms with E-state index in [-0.39, 0.29) is 5.54 Å². The molecule has 1 aromatic carbocycles. The molecule has 1 N–H and O–H groups in total. The van der Waals surface area contributed by atoms with Crippen LogP contribution < -0.4 is 5.32 Å². The van der Waals surface area contributed by atoms with Gasteiger partial charge in [-0.15, -0.1) is 0 Å². The van der Waals surface area contributed by atoms with Crippen LogP contribution in [0.1, 0.15) is 45.1 Å². The molecule has 1 aliphatic carbocycles. The van der Waals surface area contributed by atoms with E-state index in [1.807, 2.05) is 0 Å². The minimum absolute atomic E-state index is 0.244. The molecule has 0 heterocycles. The fourth-order valence-corrected chi connectivity index (χ4v) is 3.17. The van der Waals surface area contributed by atoms with Gasteiger partial charge in [-0.3, -0.25) is 0 Å². The van der Waals surface area contributed by atoms with Gasteiger partial charge in [0.2, 0.25) is 0 Å². The minimum Gasteiger partial charge on any atom is -0.308 e. The second-order valence-electron chi connectivity index (χ2n) is 5.18. The zero-order chi connectivity index (χ0) is 11.4. The zero-order valence-corrected chi connectivity index (χ0v) is 10.5. The SMILES string of the molecule is CCNC1(c2ccccc2)CCCC(C)C1. The van der Waals surface area contributed by atoms with Crippen molar-refractivity contribution < 1.29 is 0 Å². The van der Waals surface area contributed by atoms with Crippen LogP contribution in [0, 0.1) is 5.92 Å². The summed E-state index contributed by atoms with van der Waals surface area (Å²) in [5.74, 6) is 0.841. The first kappa shape index (κ1) is 11.7. The van der Waals surface area contributed by atoms with Gasteiger partial charge in [0.05, 0.1) is 0 Å². The lowest BCUT2D eigenvalue weighted by Gasteiger charge is -2.41. The van der Waals surface area contributed by atoms with Gasteiger partial charge in [-0.1, -0.05) is 57.0 Å². The Morgan fingerprint density at radius 2 is 2.06 bits per heavy atom. The van der Waals surface area contributed by atoms with Crippen molar-refractivity contribution in [1.82, 2.24) is 5.32 Å². The van der Waals surface area contributed by atoms with Crippen LogP contribution in [0.5, 0.6) is 0 Å². The Labute approximate surface area is 99.3 Å². The molecule has 1 saturated carbocycles. The van der Waals surface area contributed by atoms with E-state index in [0.717, 1.165) is 12.5 Å². The molecule has 16 heavy (non-hydrogen) atoms. The second-order valence-corrected chi connectivity index (χ2v) is 5.18. The van der Waals surface area contributed by atoms with Crippen molar-refractivity contribution in [3.05, 3.63) is 35.9 Å². The van der Waals surface area contributed by atoms with Gasteiger partial charge >= 0.3 is 0 Å². The third-order valence-electron chi connectivity index (χ3n) is 3.84.